The van der Waals surface area contributed by atoms with Crippen molar-refractivity contribution in [3.05, 3.63) is 35.9 Å². The predicted molar refractivity (Wildman–Crippen MR) is 74.6 cm³/mol. The van der Waals surface area contributed by atoms with Crippen LogP contribution in [0.3, 0.4) is 0 Å². The van der Waals surface area contributed by atoms with Crippen LogP contribution < -0.4 is 0 Å². The molecule has 92 valence electrons. The van der Waals surface area contributed by atoms with E-state index in [0.717, 1.165) is 0 Å². The van der Waals surface area contributed by atoms with Crippen molar-refractivity contribution in [1.29, 1.82) is 0 Å². The van der Waals surface area contributed by atoms with Crippen molar-refractivity contribution < 1.29 is 0 Å². The summed E-state index contributed by atoms with van der Waals surface area (Å²) in [5, 5.41) is 0. The normalized spacial score (nSPS) is 19.4. The van der Waals surface area contributed by atoms with Crippen LogP contribution in [0.15, 0.2) is 35.3 Å². The lowest BCUT2D eigenvalue weighted by Crippen LogP contribution is -1.92. The fourth-order valence-corrected chi connectivity index (χ4v) is 2.51. The zero-order chi connectivity index (χ0) is 11.9. The molecule has 1 aromatic rings. The second-order valence-electron chi connectivity index (χ2n) is 4.97. The van der Waals surface area contributed by atoms with Gasteiger partial charge in [-0.3, -0.25) is 4.99 Å². The number of rotatable bonds is 6. The summed E-state index contributed by atoms with van der Waals surface area (Å²) >= 11 is 0. The maximum atomic E-state index is 4.87. The monoisotopic (exact) mass is 229 g/mol. The predicted octanol–water partition coefficient (Wildman–Crippen LogP) is 4.93. The minimum absolute atomic E-state index is 0.442. The van der Waals surface area contributed by atoms with Gasteiger partial charge in [0.2, 0.25) is 0 Å². The number of hydrogen-bond acceptors (Lipinski definition) is 1. The summed E-state index contributed by atoms with van der Waals surface area (Å²) in [5.74, 6) is 0. The third kappa shape index (κ3) is 3.69. The summed E-state index contributed by atoms with van der Waals surface area (Å²) in [6.45, 7) is 2.26. The standard InChI is InChI=1S/C16H23N/c1-2-3-4-8-11-15-12-13-16(17-15)14-9-6-5-7-10-14/h5-7,9-10,16H,2-4,8,11-13H2,1H3. The second-order valence-corrected chi connectivity index (χ2v) is 4.97. The van der Waals surface area contributed by atoms with Crippen molar-refractivity contribution in [2.45, 2.75) is 57.9 Å². The average Bonchev–Trinajstić information content (AvgIpc) is 2.85. The lowest BCUT2D eigenvalue weighted by atomic mass is 10.0. The highest BCUT2D eigenvalue weighted by Crippen LogP contribution is 2.30. The quantitative estimate of drug-likeness (QED) is 0.613. The van der Waals surface area contributed by atoms with Crippen molar-refractivity contribution in [3.8, 4) is 0 Å². The molecule has 0 N–H and O–H groups in total. The lowest BCUT2D eigenvalue weighted by Gasteiger charge is -2.05. The van der Waals surface area contributed by atoms with Crippen molar-refractivity contribution >= 4 is 5.71 Å². The Kier molecular flexibility index (Phi) is 4.78. The van der Waals surface area contributed by atoms with E-state index in [4.69, 9.17) is 4.99 Å². The molecule has 0 spiro atoms. The minimum Gasteiger partial charge on any atom is -0.286 e. The second kappa shape index (κ2) is 6.58. The molecule has 0 amide bonds. The Morgan fingerprint density at radius 3 is 2.71 bits per heavy atom. The molecule has 2 rings (SSSR count). The summed E-state index contributed by atoms with van der Waals surface area (Å²) in [4.78, 5) is 4.87. The summed E-state index contributed by atoms with van der Waals surface area (Å²) < 4.78 is 0. The highest BCUT2D eigenvalue weighted by Gasteiger charge is 2.18. The molecule has 1 heterocycles. The number of benzene rings is 1. The van der Waals surface area contributed by atoms with Gasteiger partial charge < -0.3 is 0 Å². The molecule has 0 saturated heterocycles. The average molecular weight is 229 g/mol. The first-order valence-electron chi connectivity index (χ1n) is 7.00. The molecule has 1 unspecified atom stereocenters. The molecule has 0 aromatic heterocycles. The Morgan fingerprint density at radius 2 is 1.94 bits per heavy atom. The fraction of sp³-hybridized carbons (Fsp3) is 0.562. The molecule has 0 aliphatic carbocycles. The van der Waals surface area contributed by atoms with E-state index in [2.05, 4.69) is 37.3 Å². The van der Waals surface area contributed by atoms with Gasteiger partial charge in [0.1, 0.15) is 0 Å². The molecular weight excluding hydrogens is 206 g/mol. The highest BCUT2D eigenvalue weighted by atomic mass is 14.8. The Morgan fingerprint density at radius 1 is 1.12 bits per heavy atom. The van der Waals surface area contributed by atoms with Crippen LogP contribution >= 0.6 is 0 Å². The number of nitrogens with zero attached hydrogens (tertiary/aromatic N) is 1. The Hall–Kier alpha value is -1.11. The molecule has 1 aliphatic heterocycles. The van der Waals surface area contributed by atoms with Gasteiger partial charge in [-0.05, 0) is 31.2 Å². The first kappa shape index (κ1) is 12.3. The van der Waals surface area contributed by atoms with Gasteiger partial charge in [-0.25, -0.2) is 0 Å². The fourth-order valence-electron chi connectivity index (χ4n) is 2.51. The molecule has 1 aliphatic rings. The number of aliphatic imine (C=N–C) groups is 1. The maximum absolute atomic E-state index is 4.87. The van der Waals surface area contributed by atoms with Crippen LogP contribution in [0.25, 0.3) is 0 Å². The van der Waals surface area contributed by atoms with Crippen LogP contribution in [0.2, 0.25) is 0 Å². The van der Waals surface area contributed by atoms with Crippen LogP contribution in [0.5, 0.6) is 0 Å². The van der Waals surface area contributed by atoms with E-state index in [1.165, 1.54) is 56.2 Å². The maximum Gasteiger partial charge on any atom is 0.0752 e. The Bertz CT molecular complexity index is 353. The van der Waals surface area contributed by atoms with E-state index >= 15 is 0 Å². The molecule has 17 heavy (non-hydrogen) atoms. The van der Waals surface area contributed by atoms with E-state index in [1.807, 2.05) is 0 Å². The summed E-state index contributed by atoms with van der Waals surface area (Å²) in [6.07, 6.45) is 9.04. The molecule has 1 heteroatoms. The van der Waals surface area contributed by atoms with Crippen LogP contribution in [0.1, 0.15) is 63.5 Å². The molecule has 0 fully saturated rings. The highest BCUT2D eigenvalue weighted by molar-refractivity contribution is 5.86. The van der Waals surface area contributed by atoms with Gasteiger partial charge in [0.05, 0.1) is 6.04 Å². The van der Waals surface area contributed by atoms with Crippen molar-refractivity contribution in [2.75, 3.05) is 0 Å². The third-order valence-corrected chi connectivity index (χ3v) is 3.55. The van der Waals surface area contributed by atoms with Gasteiger partial charge in [0.15, 0.2) is 0 Å². The van der Waals surface area contributed by atoms with Gasteiger partial charge >= 0.3 is 0 Å². The van der Waals surface area contributed by atoms with E-state index in [9.17, 15) is 0 Å². The molecule has 1 nitrogen and oxygen atoms in total. The smallest absolute Gasteiger partial charge is 0.0752 e. The van der Waals surface area contributed by atoms with Crippen LogP contribution in [0, 0.1) is 0 Å². The zero-order valence-electron chi connectivity index (χ0n) is 10.9. The topological polar surface area (TPSA) is 12.4 Å². The Labute approximate surface area is 105 Å². The van der Waals surface area contributed by atoms with Crippen molar-refractivity contribution in [2.24, 2.45) is 4.99 Å². The van der Waals surface area contributed by atoms with E-state index in [0.29, 0.717) is 6.04 Å². The Balaban J connectivity index is 1.82. The van der Waals surface area contributed by atoms with Gasteiger partial charge in [0, 0.05) is 5.71 Å². The van der Waals surface area contributed by atoms with E-state index in [1.54, 1.807) is 0 Å². The third-order valence-electron chi connectivity index (χ3n) is 3.55. The zero-order valence-corrected chi connectivity index (χ0v) is 10.9. The van der Waals surface area contributed by atoms with Gasteiger partial charge in [-0.2, -0.15) is 0 Å². The van der Waals surface area contributed by atoms with Gasteiger partial charge in [-0.1, -0.05) is 56.5 Å². The van der Waals surface area contributed by atoms with Crippen LogP contribution in [-0.4, -0.2) is 5.71 Å². The summed E-state index contributed by atoms with van der Waals surface area (Å²) in [5.41, 5.74) is 2.84. The molecule has 0 bridgehead atoms. The number of unbranched alkanes of at least 4 members (excludes halogenated alkanes) is 3. The molecule has 0 saturated carbocycles. The van der Waals surface area contributed by atoms with Crippen molar-refractivity contribution in [3.63, 3.8) is 0 Å². The lowest BCUT2D eigenvalue weighted by molar-refractivity contribution is 0.681. The minimum atomic E-state index is 0.442. The first-order valence-corrected chi connectivity index (χ1v) is 7.00. The summed E-state index contributed by atoms with van der Waals surface area (Å²) in [7, 11) is 0. The SMILES string of the molecule is CCCCCCC1=NC(c2ccccc2)CC1. The van der Waals surface area contributed by atoms with Crippen molar-refractivity contribution in [1.82, 2.24) is 0 Å². The molecular formula is C16H23N. The largest absolute Gasteiger partial charge is 0.286 e. The van der Waals surface area contributed by atoms with Crippen LogP contribution in [-0.2, 0) is 0 Å². The van der Waals surface area contributed by atoms with Crippen LogP contribution in [0.4, 0.5) is 0 Å². The number of hydrogen-bond donors (Lipinski definition) is 0. The first-order chi connectivity index (χ1) is 8.40. The molecule has 1 aromatic carbocycles. The van der Waals surface area contributed by atoms with Gasteiger partial charge in [0.25, 0.3) is 0 Å². The molecule has 1 atom stereocenters. The van der Waals surface area contributed by atoms with E-state index < -0.39 is 0 Å². The molecule has 0 radical (unpaired) electrons. The van der Waals surface area contributed by atoms with E-state index in [-0.39, 0.29) is 0 Å². The van der Waals surface area contributed by atoms with Gasteiger partial charge in [-0.15, -0.1) is 0 Å². The summed E-state index contributed by atoms with van der Waals surface area (Å²) in [6, 6.07) is 11.2.